The van der Waals surface area contributed by atoms with Crippen molar-refractivity contribution in [3.63, 3.8) is 0 Å². The molecule has 0 aliphatic carbocycles. The number of benzene rings is 2. The third-order valence-electron chi connectivity index (χ3n) is 3.67. The van der Waals surface area contributed by atoms with Gasteiger partial charge in [0.1, 0.15) is 11.6 Å². The zero-order chi connectivity index (χ0) is 16.2. The molecule has 5 heteroatoms. The maximum absolute atomic E-state index is 9.43. The summed E-state index contributed by atoms with van der Waals surface area (Å²) in [5, 5.41) is 9.43. The van der Waals surface area contributed by atoms with Crippen molar-refractivity contribution in [2.75, 3.05) is 14.2 Å². The number of phenols is 1. The van der Waals surface area contributed by atoms with E-state index >= 15 is 0 Å². The summed E-state index contributed by atoms with van der Waals surface area (Å²) < 4.78 is 12.9. The number of ether oxygens (including phenoxy) is 2. The van der Waals surface area contributed by atoms with Gasteiger partial charge in [-0.15, -0.1) is 0 Å². The van der Waals surface area contributed by atoms with Crippen molar-refractivity contribution in [3.05, 3.63) is 60.4 Å². The molecule has 1 N–H and O–H groups in total. The van der Waals surface area contributed by atoms with E-state index in [4.69, 9.17) is 9.47 Å². The molecule has 0 fully saturated rings. The Morgan fingerprint density at radius 1 is 1.04 bits per heavy atom. The summed E-state index contributed by atoms with van der Waals surface area (Å²) in [6, 6.07) is 12.8. The van der Waals surface area contributed by atoms with E-state index in [-0.39, 0.29) is 5.75 Å². The first-order valence-corrected chi connectivity index (χ1v) is 7.23. The first kappa shape index (κ1) is 15.0. The number of nitrogens with zero attached hydrogens (tertiary/aromatic N) is 2. The molecule has 0 unspecified atom stereocenters. The number of aromatic hydroxyl groups is 1. The topological polar surface area (TPSA) is 56.5 Å². The van der Waals surface area contributed by atoms with Gasteiger partial charge in [-0.2, -0.15) is 0 Å². The molecule has 0 spiro atoms. The lowest BCUT2D eigenvalue weighted by Gasteiger charge is -2.14. The van der Waals surface area contributed by atoms with Gasteiger partial charge in [-0.3, -0.25) is 0 Å². The maximum Gasteiger partial charge on any atom is 0.165 e. The van der Waals surface area contributed by atoms with Crippen LogP contribution in [0, 0.1) is 0 Å². The van der Waals surface area contributed by atoms with Crippen molar-refractivity contribution in [3.8, 4) is 28.6 Å². The van der Waals surface area contributed by atoms with Crippen LogP contribution in [-0.4, -0.2) is 28.9 Å². The number of aromatic nitrogens is 2. The Morgan fingerprint density at radius 2 is 1.83 bits per heavy atom. The van der Waals surface area contributed by atoms with E-state index in [9.17, 15) is 5.11 Å². The molecule has 2 aromatic carbocycles. The summed E-state index contributed by atoms with van der Waals surface area (Å²) >= 11 is 0. The number of hydrogen-bond donors (Lipinski definition) is 1. The minimum Gasteiger partial charge on any atom is -0.508 e. The number of imidazole rings is 1. The Hall–Kier alpha value is -2.95. The largest absolute Gasteiger partial charge is 0.508 e. The molecule has 3 aromatic rings. The van der Waals surface area contributed by atoms with Gasteiger partial charge in [0.05, 0.1) is 20.8 Å². The van der Waals surface area contributed by atoms with Crippen LogP contribution in [0.5, 0.6) is 17.2 Å². The summed E-state index contributed by atoms with van der Waals surface area (Å²) in [7, 11) is 3.26. The van der Waals surface area contributed by atoms with Crippen molar-refractivity contribution in [2.45, 2.75) is 6.54 Å². The number of hydrogen-bond acceptors (Lipinski definition) is 4. The molecule has 0 aliphatic heterocycles. The fourth-order valence-corrected chi connectivity index (χ4v) is 2.57. The third-order valence-corrected chi connectivity index (χ3v) is 3.67. The number of para-hydroxylation sites is 1. The minimum absolute atomic E-state index is 0.237. The Kier molecular flexibility index (Phi) is 4.19. The van der Waals surface area contributed by atoms with E-state index in [1.165, 1.54) is 0 Å². The van der Waals surface area contributed by atoms with Crippen molar-refractivity contribution in [1.29, 1.82) is 0 Å². The molecule has 0 atom stereocenters. The zero-order valence-electron chi connectivity index (χ0n) is 13.1. The molecule has 5 nitrogen and oxygen atoms in total. The molecular formula is C18H18N2O3. The Balaban J connectivity index is 1.96. The highest BCUT2D eigenvalue weighted by molar-refractivity contribution is 5.57. The summed E-state index contributed by atoms with van der Waals surface area (Å²) in [6.07, 6.45) is 3.68. The highest BCUT2D eigenvalue weighted by Crippen LogP contribution is 2.32. The number of methoxy groups -OCH3 is 2. The van der Waals surface area contributed by atoms with Crippen LogP contribution in [0.2, 0.25) is 0 Å². The fraction of sp³-hybridized carbons (Fsp3) is 0.167. The fourth-order valence-electron chi connectivity index (χ4n) is 2.57. The number of rotatable bonds is 5. The van der Waals surface area contributed by atoms with E-state index in [0.717, 1.165) is 22.7 Å². The van der Waals surface area contributed by atoms with Crippen LogP contribution in [0.15, 0.2) is 54.9 Å². The van der Waals surface area contributed by atoms with Crippen molar-refractivity contribution >= 4 is 0 Å². The first-order chi connectivity index (χ1) is 11.2. The summed E-state index contributed by atoms with van der Waals surface area (Å²) in [5.74, 6) is 2.49. The monoisotopic (exact) mass is 310 g/mol. The second-order valence-corrected chi connectivity index (χ2v) is 5.08. The SMILES string of the molecule is COc1cccc(Cn2ccnc2-c2ccc(O)cc2)c1OC. The molecule has 0 saturated heterocycles. The standard InChI is InChI=1S/C18H18N2O3/c1-22-16-5-3-4-14(17(16)23-2)12-20-11-10-19-18(20)13-6-8-15(21)9-7-13/h3-11,21H,12H2,1-2H3. The van der Waals surface area contributed by atoms with Gasteiger partial charge < -0.3 is 19.1 Å². The molecule has 23 heavy (non-hydrogen) atoms. The van der Waals surface area contributed by atoms with Crippen molar-refractivity contribution in [1.82, 2.24) is 9.55 Å². The molecule has 118 valence electrons. The maximum atomic E-state index is 9.43. The quantitative estimate of drug-likeness (QED) is 0.785. The normalized spacial score (nSPS) is 10.5. The lowest BCUT2D eigenvalue weighted by atomic mass is 10.1. The van der Waals surface area contributed by atoms with Gasteiger partial charge in [-0.25, -0.2) is 4.98 Å². The lowest BCUT2D eigenvalue weighted by Crippen LogP contribution is -2.04. The molecule has 0 amide bonds. The van der Waals surface area contributed by atoms with E-state index in [1.54, 1.807) is 32.5 Å². The van der Waals surface area contributed by atoms with Gasteiger partial charge in [-0.05, 0) is 30.3 Å². The van der Waals surface area contributed by atoms with Gasteiger partial charge in [0.2, 0.25) is 0 Å². The number of phenolic OH excluding ortho intramolecular Hbond substituents is 1. The van der Waals surface area contributed by atoms with E-state index in [0.29, 0.717) is 12.3 Å². The highest BCUT2D eigenvalue weighted by atomic mass is 16.5. The molecule has 0 saturated carbocycles. The second kappa shape index (κ2) is 6.44. The average molecular weight is 310 g/mol. The van der Waals surface area contributed by atoms with Gasteiger partial charge in [0.25, 0.3) is 0 Å². The van der Waals surface area contributed by atoms with Crippen LogP contribution >= 0.6 is 0 Å². The molecule has 0 radical (unpaired) electrons. The minimum atomic E-state index is 0.237. The van der Waals surface area contributed by atoms with Crippen LogP contribution in [0.25, 0.3) is 11.4 Å². The third kappa shape index (κ3) is 2.99. The van der Waals surface area contributed by atoms with E-state index in [1.807, 2.05) is 41.1 Å². The van der Waals surface area contributed by atoms with Gasteiger partial charge >= 0.3 is 0 Å². The van der Waals surface area contributed by atoms with Gasteiger partial charge in [0.15, 0.2) is 11.5 Å². The van der Waals surface area contributed by atoms with Gasteiger partial charge in [0, 0.05) is 23.5 Å². The molecule has 0 bridgehead atoms. The Labute approximate surface area is 134 Å². The summed E-state index contributed by atoms with van der Waals surface area (Å²) in [5.41, 5.74) is 1.94. The van der Waals surface area contributed by atoms with Crippen LogP contribution in [0.3, 0.4) is 0 Å². The molecule has 1 heterocycles. The van der Waals surface area contributed by atoms with Crippen molar-refractivity contribution in [2.24, 2.45) is 0 Å². The second-order valence-electron chi connectivity index (χ2n) is 5.08. The summed E-state index contributed by atoms with van der Waals surface area (Å²) in [6.45, 7) is 0.608. The Bertz CT molecular complexity index is 794. The average Bonchev–Trinajstić information content (AvgIpc) is 3.03. The van der Waals surface area contributed by atoms with E-state index in [2.05, 4.69) is 4.98 Å². The smallest absolute Gasteiger partial charge is 0.165 e. The van der Waals surface area contributed by atoms with Crippen LogP contribution in [0.4, 0.5) is 0 Å². The highest BCUT2D eigenvalue weighted by Gasteiger charge is 2.12. The molecule has 3 rings (SSSR count). The first-order valence-electron chi connectivity index (χ1n) is 7.23. The molecule has 1 aromatic heterocycles. The van der Waals surface area contributed by atoms with Crippen LogP contribution < -0.4 is 9.47 Å². The molecular weight excluding hydrogens is 292 g/mol. The summed E-state index contributed by atoms with van der Waals surface area (Å²) in [4.78, 5) is 4.42. The predicted molar refractivity (Wildman–Crippen MR) is 88.0 cm³/mol. The Morgan fingerprint density at radius 3 is 2.52 bits per heavy atom. The van der Waals surface area contributed by atoms with Crippen LogP contribution in [-0.2, 0) is 6.54 Å². The molecule has 0 aliphatic rings. The lowest BCUT2D eigenvalue weighted by molar-refractivity contribution is 0.351. The van der Waals surface area contributed by atoms with E-state index < -0.39 is 0 Å². The zero-order valence-corrected chi connectivity index (χ0v) is 13.1. The van der Waals surface area contributed by atoms with Crippen molar-refractivity contribution < 1.29 is 14.6 Å². The van der Waals surface area contributed by atoms with Gasteiger partial charge in [-0.1, -0.05) is 12.1 Å². The van der Waals surface area contributed by atoms with Crippen LogP contribution in [0.1, 0.15) is 5.56 Å². The predicted octanol–water partition coefficient (Wildman–Crippen LogP) is 3.32.